The quantitative estimate of drug-likeness (QED) is 0.836. The third-order valence-electron chi connectivity index (χ3n) is 4.61. The first-order valence-electron chi connectivity index (χ1n) is 8.60. The Morgan fingerprint density at radius 2 is 1.88 bits per heavy atom. The second-order valence-corrected chi connectivity index (χ2v) is 8.08. The average molecular weight is 373 g/mol. The fraction of sp³-hybridized carbons (Fsp3) is 0.316. The number of anilines is 1. The highest BCUT2D eigenvalue weighted by molar-refractivity contribution is 7.89. The van der Waals surface area contributed by atoms with Crippen LogP contribution >= 0.6 is 0 Å². The molecule has 0 spiro atoms. The summed E-state index contributed by atoms with van der Waals surface area (Å²) in [5.74, 6) is 0.0401. The molecule has 26 heavy (non-hydrogen) atoms. The van der Waals surface area contributed by atoms with Crippen molar-refractivity contribution in [2.24, 2.45) is 5.14 Å². The summed E-state index contributed by atoms with van der Waals surface area (Å²) in [7, 11) is -3.69. The second-order valence-electron chi connectivity index (χ2n) is 6.51. The van der Waals surface area contributed by atoms with Gasteiger partial charge in [-0.15, -0.1) is 0 Å². The molecule has 1 aliphatic rings. The fourth-order valence-electron chi connectivity index (χ4n) is 3.15. The minimum absolute atomic E-state index is 0.0401. The number of carbonyl (C=O) groups is 1. The smallest absolute Gasteiger partial charge is 0.243 e. The van der Waals surface area contributed by atoms with E-state index in [9.17, 15) is 13.2 Å². The van der Waals surface area contributed by atoms with Gasteiger partial charge in [-0.25, -0.2) is 13.6 Å². The molecule has 1 aliphatic heterocycles. The van der Waals surface area contributed by atoms with Gasteiger partial charge in [0.1, 0.15) is 0 Å². The summed E-state index contributed by atoms with van der Waals surface area (Å²) in [4.78, 5) is 14.8. The van der Waals surface area contributed by atoms with Crippen LogP contribution in [0.3, 0.4) is 0 Å². The van der Waals surface area contributed by atoms with Crippen LogP contribution in [0.4, 0.5) is 5.69 Å². The number of rotatable bonds is 5. The number of hydrogen-bond acceptors (Lipinski definition) is 4. The van der Waals surface area contributed by atoms with Crippen LogP contribution in [-0.2, 0) is 27.8 Å². The molecule has 7 heteroatoms. The first-order chi connectivity index (χ1) is 12.4. The van der Waals surface area contributed by atoms with Crippen molar-refractivity contribution in [1.82, 2.24) is 5.32 Å². The SMILES string of the molecule is CC(NCc1ccc(S(N)(=O)=O)cc1)C(=O)N1CCCc2ccccc21. The van der Waals surface area contributed by atoms with Gasteiger partial charge >= 0.3 is 0 Å². The normalized spacial score (nSPS) is 15.4. The zero-order valence-corrected chi connectivity index (χ0v) is 15.5. The lowest BCUT2D eigenvalue weighted by atomic mass is 10.0. The molecular formula is C19H23N3O3S. The maximum Gasteiger partial charge on any atom is 0.243 e. The molecule has 1 heterocycles. The number of para-hydroxylation sites is 1. The summed E-state index contributed by atoms with van der Waals surface area (Å²) in [6, 6.07) is 14.0. The van der Waals surface area contributed by atoms with E-state index in [-0.39, 0.29) is 16.8 Å². The van der Waals surface area contributed by atoms with Gasteiger partial charge in [-0.3, -0.25) is 4.79 Å². The fourth-order valence-corrected chi connectivity index (χ4v) is 3.67. The predicted octanol–water partition coefficient (Wildman–Crippen LogP) is 1.79. The minimum atomic E-state index is -3.69. The van der Waals surface area contributed by atoms with Gasteiger partial charge in [0.25, 0.3) is 0 Å². The molecule has 0 fully saturated rings. The monoisotopic (exact) mass is 373 g/mol. The summed E-state index contributed by atoms with van der Waals surface area (Å²) in [5.41, 5.74) is 3.09. The Hall–Kier alpha value is -2.22. The first kappa shape index (κ1) is 18.6. The summed E-state index contributed by atoms with van der Waals surface area (Å²) in [5, 5.41) is 8.31. The molecule has 3 N–H and O–H groups in total. The molecular weight excluding hydrogens is 350 g/mol. The number of benzene rings is 2. The lowest BCUT2D eigenvalue weighted by Gasteiger charge is -2.31. The number of nitrogens with one attached hydrogen (secondary N) is 1. The molecule has 0 saturated carbocycles. The maximum atomic E-state index is 12.8. The average Bonchev–Trinajstić information content (AvgIpc) is 2.64. The van der Waals surface area contributed by atoms with E-state index in [1.54, 1.807) is 12.1 Å². The summed E-state index contributed by atoms with van der Waals surface area (Å²) < 4.78 is 22.6. The largest absolute Gasteiger partial charge is 0.311 e. The standard InChI is InChI=1S/C19H23N3O3S/c1-14(21-13-15-8-10-17(11-9-15)26(20,24)25)19(23)22-12-4-6-16-5-2-3-7-18(16)22/h2-3,5,7-11,14,21H,4,6,12-13H2,1H3,(H2,20,24,25). The molecule has 1 unspecified atom stereocenters. The molecule has 0 radical (unpaired) electrons. The first-order valence-corrected chi connectivity index (χ1v) is 10.2. The molecule has 6 nitrogen and oxygen atoms in total. The molecule has 2 aromatic rings. The van der Waals surface area contributed by atoms with Gasteiger partial charge in [0.2, 0.25) is 15.9 Å². The van der Waals surface area contributed by atoms with E-state index < -0.39 is 10.0 Å². The molecule has 1 amide bonds. The number of fused-ring (bicyclic) bond motifs is 1. The molecule has 0 saturated heterocycles. The van der Waals surface area contributed by atoms with Gasteiger partial charge in [0.05, 0.1) is 10.9 Å². The number of nitrogens with two attached hydrogens (primary N) is 1. The third kappa shape index (κ3) is 4.12. The van der Waals surface area contributed by atoms with Crippen molar-refractivity contribution in [2.45, 2.75) is 37.2 Å². The van der Waals surface area contributed by atoms with Crippen LogP contribution in [0.1, 0.15) is 24.5 Å². The van der Waals surface area contributed by atoms with Gasteiger partial charge < -0.3 is 10.2 Å². The highest BCUT2D eigenvalue weighted by Gasteiger charge is 2.25. The van der Waals surface area contributed by atoms with Gasteiger partial charge in [-0.05, 0) is 49.1 Å². The third-order valence-corrected chi connectivity index (χ3v) is 5.54. The molecule has 2 aromatic carbocycles. The number of nitrogens with zero attached hydrogens (tertiary/aromatic N) is 1. The highest BCUT2D eigenvalue weighted by Crippen LogP contribution is 2.27. The Bertz CT molecular complexity index is 895. The molecule has 0 aliphatic carbocycles. The van der Waals surface area contributed by atoms with Crippen LogP contribution in [0.5, 0.6) is 0 Å². The van der Waals surface area contributed by atoms with Crippen molar-refractivity contribution in [1.29, 1.82) is 0 Å². The molecule has 0 aromatic heterocycles. The van der Waals surface area contributed by atoms with Gasteiger partial charge in [-0.2, -0.15) is 0 Å². The summed E-state index contributed by atoms with van der Waals surface area (Å²) in [6.07, 6.45) is 1.96. The van der Waals surface area contributed by atoms with E-state index in [2.05, 4.69) is 11.4 Å². The van der Waals surface area contributed by atoms with Gasteiger partial charge in [0.15, 0.2) is 0 Å². The number of carbonyl (C=O) groups excluding carboxylic acids is 1. The van der Waals surface area contributed by atoms with Gasteiger partial charge in [0, 0.05) is 18.8 Å². The number of sulfonamides is 1. The van der Waals surface area contributed by atoms with Crippen LogP contribution in [0, 0.1) is 0 Å². The van der Waals surface area contributed by atoms with Crippen LogP contribution in [0.2, 0.25) is 0 Å². The lowest BCUT2D eigenvalue weighted by molar-refractivity contribution is -0.120. The van der Waals surface area contributed by atoms with Crippen LogP contribution < -0.4 is 15.4 Å². The van der Waals surface area contributed by atoms with Crippen LogP contribution in [0.25, 0.3) is 0 Å². The predicted molar refractivity (Wildman–Crippen MR) is 101 cm³/mol. The lowest BCUT2D eigenvalue weighted by Crippen LogP contribution is -2.46. The van der Waals surface area contributed by atoms with Crippen molar-refractivity contribution in [3.05, 3.63) is 59.7 Å². The molecule has 138 valence electrons. The number of aryl methyl sites for hydroxylation is 1. The second kappa shape index (κ2) is 7.57. The summed E-state index contributed by atoms with van der Waals surface area (Å²) in [6.45, 7) is 3.04. The topological polar surface area (TPSA) is 92.5 Å². The van der Waals surface area contributed by atoms with E-state index in [4.69, 9.17) is 5.14 Å². The molecule has 0 bridgehead atoms. The Labute approximate surface area is 154 Å². The number of hydrogen-bond donors (Lipinski definition) is 2. The van der Waals surface area contributed by atoms with E-state index in [0.29, 0.717) is 6.54 Å². The van der Waals surface area contributed by atoms with Crippen molar-refractivity contribution in [3.8, 4) is 0 Å². The molecule has 1 atom stereocenters. The highest BCUT2D eigenvalue weighted by atomic mass is 32.2. The zero-order valence-electron chi connectivity index (χ0n) is 14.7. The van der Waals surface area contributed by atoms with E-state index >= 15 is 0 Å². The minimum Gasteiger partial charge on any atom is -0.311 e. The molecule has 3 rings (SSSR count). The Morgan fingerprint density at radius 3 is 2.58 bits per heavy atom. The Kier molecular flexibility index (Phi) is 5.41. The van der Waals surface area contributed by atoms with Crippen LogP contribution in [0.15, 0.2) is 53.4 Å². The van der Waals surface area contributed by atoms with Crippen molar-refractivity contribution < 1.29 is 13.2 Å². The maximum absolute atomic E-state index is 12.8. The van der Waals surface area contributed by atoms with E-state index in [1.165, 1.54) is 17.7 Å². The Balaban J connectivity index is 1.64. The zero-order chi connectivity index (χ0) is 18.7. The van der Waals surface area contributed by atoms with E-state index in [0.717, 1.165) is 30.6 Å². The number of amides is 1. The van der Waals surface area contributed by atoms with Crippen molar-refractivity contribution in [3.63, 3.8) is 0 Å². The Morgan fingerprint density at radius 1 is 1.19 bits per heavy atom. The summed E-state index contributed by atoms with van der Waals surface area (Å²) >= 11 is 0. The number of primary sulfonamides is 1. The van der Waals surface area contributed by atoms with Crippen molar-refractivity contribution in [2.75, 3.05) is 11.4 Å². The van der Waals surface area contributed by atoms with E-state index in [1.807, 2.05) is 30.0 Å². The van der Waals surface area contributed by atoms with Crippen LogP contribution in [-0.4, -0.2) is 26.9 Å². The van der Waals surface area contributed by atoms with Gasteiger partial charge in [-0.1, -0.05) is 30.3 Å². The van der Waals surface area contributed by atoms with Crippen molar-refractivity contribution >= 4 is 21.6 Å².